The Hall–Kier alpha value is -3.86. The highest BCUT2D eigenvalue weighted by molar-refractivity contribution is 6.11. The number of likely N-dealkylation sites (N-methyl/N-ethyl adjacent to an activating group) is 1. The highest BCUT2D eigenvalue weighted by Crippen LogP contribution is 2.25. The predicted molar refractivity (Wildman–Crippen MR) is 155 cm³/mol. The van der Waals surface area contributed by atoms with Crippen molar-refractivity contribution >= 4 is 23.7 Å². The molecule has 196 valence electrons. The second-order valence-electron chi connectivity index (χ2n) is 10.3. The first-order valence-corrected chi connectivity index (χ1v) is 13.8. The normalized spacial score (nSPS) is 18.9. The average Bonchev–Trinajstić information content (AvgIpc) is 3.19. The number of carbonyl (C=O) groups is 1. The van der Waals surface area contributed by atoms with E-state index in [4.69, 9.17) is 9.73 Å². The number of amides is 1. The molecule has 0 atom stereocenters. The smallest absolute Gasteiger partial charge is 0.300 e. The van der Waals surface area contributed by atoms with Gasteiger partial charge >= 0.3 is 0 Å². The number of anilines is 1. The van der Waals surface area contributed by atoms with Crippen molar-refractivity contribution in [3.8, 4) is 0 Å². The van der Waals surface area contributed by atoms with Crippen LogP contribution in [0.1, 0.15) is 61.6 Å². The quantitative estimate of drug-likeness (QED) is 0.318. The van der Waals surface area contributed by atoms with Gasteiger partial charge in [0.15, 0.2) is 5.76 Å². The van der Waals surface area contributed by atoms with E-state index in [2.05, 4.69) is 65.6 Å². The van der Waals surface area contributed by atoms with E-state index in [-0.39, 0.29) is 11.9 Å². The van der Waals surface area contributed by atoms with Crippen molar-refractivity contribution in [2.75, 3.05) is 11.9 Å². The van der Waals surface area contributed by atoms with Gasteiger partial charge in [-0.1, -0.05) is 105 Å². The van der Waals surface area contributed by atoms with Gasteiger partial charge in [0.25, 0.3) is 11.9 Å². The van der Waals surface area contributed by atoms with Crippen molar-refractivity contribution in [3.05, 3.63) is 107 Å². The number of hydrogen-bond acceptors (Lipinski definition) is 4. The first kappa shape index (κ1) is 25.8. The van der Waals surface area contributed by atoms with E-state index in [1.807, 2.05) is 30.3 Å². The maximum Gasteiger partial charge on any atom is 0.300 e. The zero-order valence-electron chi connectivity index (χ0n) is 22.3. The number of rotatable bonds is 7. The van der Waals surface area contributed by atoms with E-state index in [9.17, 15) is 4.79 Å². The Morgan fingerprint density at radius 1 is 0.816 bits per heavy atom. The minimum absolute atomic E-state index is 0.145. The molecule has 2 aliphatic rings. The summed E-state index contributed by atoms with van der Waals surface area (Å²) in [6.07, 6.45) is 10.2. The van der Waals surface area contributed by atoms with Gasteiger partial charge in [0.2, 0.25) is 0 Å². The lowest BCUT2D eigenvalue weighted by atomic mass is 9.97. The van der Waals surface area contributed by atoms with E-state index in [0.29, 0.717) is 11.8 Å². The van der Waals surface area contributed by atoms with Crippen LogP contribution in [0.2, 0.25) is 0 Å². The van der Waals surface area contributed by atoms with Crippen molar-refractivity contribution in [2.45, 2.75) is 64.1 Å². The van der Waals surface area contributed by atoms with Gasteiger partial charge in [-0.05, 0) is 47.7 Å². The fourth-order valence-electron chi connectivity index (χ4n) is 5.17. The molecule has 1 heterocycles. The molecule has 3 aromatic carbocycles. The summed E-state index contributed by atoms with van der Waals surface area (Å²) in [5.74, 6) is 0.184. The maximum absolute atomic E-state index is 12.9. The van der Waals surface area contributed by atoms with E-state index in [0.717, 1.165) is 37.2 Å². The van der Waals surface area contributed by atoms with Gasteiger partial charge in [-0.2, -0.15) is 0 Å². The molecule has 1 aliphatic carbocycles. The maximum atomic E-state index is 12.9. The lowest BCUT2D eigenvalue weighted by molar-refractivity contribution is -0.122. The Morgan fingerprint density at radius 3 is 1.95 bits per heavy atom. The standard InChI is InChI=1S/C33H37N3O2/c1-35-32(37)31(38-33(35)34-29-17-11-3-2-4-12-18-29)23-26-19-21-30(22-20-26)36(24-27-13-7-5-8-14-27)25-28-15-9-6-10-16-28/h5-10,13-16,19-23,29H,2-4,11-12,17-18,24-25H2,1H3/b31-23+,34-33+. The van der Waals surface area contributed by atoms with Crippen molar-refractivity contribution in [2.24, 2.45) is 4.99 Å². The lowest BCUT2D eigenvalue weighted by Gasteiger charge is -2.25. The molecule has 38 heavy (non-hydrogen) atoms. The summed E-state index contributed by atoms with van der Waals surface area (Å²) in [4.78, 5) is 21.6. The van der Waals surface area contributed by atoms with E-state index in [1.54, 1.807) is 11.9 Å². The first-order valence-electron chi connectivity index (χ1n) is 13.8. The first-order chi connectivity index (χ1) is 18.7. The van der Waals surface area contributed by atoms with Crippen molar-refractivity contribution in [3.63, 3.8) is 0 Å². The summed E-state index contributed by atoms with van der Waals surface area (Å²) in [5.41, 5.74) is 4.58. The highest BCUT2D eigenvalue weighted by Gasteiger charge is 2.32. The summed E-state index contributed by atoms with van der Waals surface area (Å²) in [7, 11) is 1.75. The van der Waals surface area contributed by atoms with Gasteiger partial charge < -0.3 is 9.64 Å². The second kappa shape index (κ2) is 12.6. The molecule has 5 rings (SSSR count). The van der Waals surface area contributed by atoms with Crippen LogP contribution in [0.4, 0.5) is 5.69 Å². The predicted octanol–water partition coefficient (Wildman–Crippen LogP) is 7.19. The molecule has 0 N–H and O–H groups in total. The molecule has 5 nitrogen and oxygen atoms in total. The molecule has 5 heteroatoms. The summed E-state index contributed by atoms with van der Waals surface area (Å²) in [6, 6.07) is 30.0. The Kier molecular flexibility index (Phi) is 8.54. The zero-order chi connectivity index (χ0) is 26.2. The molecule has 2 fully saturated rings. The lowest BCUT2D eigenvalue weighted by Crippen LogP contribution is -2.26. The fourth-order valence-corrected chi connectivity index (χ4v) is 5.17. The van der Waals surface area contributed by atoms with Crippen molar-refractivity contribution in [1.29, 1.82) is 0 Å². The molecule has 1 saturated carbocycles. The number of carbonyl (C=O) groups excluding carboxylic acids is 1. The third-order valence-corrected chi connectivity index (χ3v) is 7.36. The molecule has 1 amide bonds. The molecule has 0 aromatic heterocycles. The van der Waals surface area contributed by atoms with Gasteiger partial charge in [-0.3, -0.25) is 9.69 Å². The van der Waals surface area contributed by atoms with Crippen LogP contribution in [0.5, 0.6) is 0 Å². The van der Waals surface area contributed by atoms with Crippen LogP contribution in [0, 0.1) is 0 Å². The summed E-state index contributed by atoms with van der Waals surface area (Å²) in [6.45, 7) is 1.62. The minimum atomic E-state index is -0.145. The zero-order valence-corrected chi connectivity index (χ0v) is 22.3. The molecular weight excluding hydrogens is 470 g/mol. The molecule has 0 bridgehead atoms. The van der Waals surface area contributed by atoms with Crippen LogP contribution in [0.3, 0.4) is 0 Å². The number of hydrogen-bond donors (Lipinski definition) is 0. The Labute approximate surface area is 226 Å². The number of amidine groups is 1. The van der Waals surface area contributed by atoms with Crippen molar-refractivity contribution < 1.29 is 9.53 Å². The summed E-state index contributed by atoms with van der Waals surface area (Å²) < 4.78 is 5.98. The van der Waals surface area contributed by atoms with Crippen LogP contribution >= 0.6 is 0 Å². The summed E-state index contributed by atoms with van der Waals surface area (Å²) in [5, 5.41) is 0. The highest BCUT2D eigenvalue weighted by atomic mass is 16.5. The topological polar surface area (TPSA) is 45.1 Å². The second-order valence-corrected chi connectivity index (χ2v) is 10.3. The van der Waals surface area contributed by atoms with E-state index < -0.39 is 0 Å². The van der Waals surface area contributed by atoms with Crippen LogP contribution in [0.25, 0.3) is 6.08 Å². The third-order valence-electron chi connectivity index (χ3n) is 7.36. The molecule has 1 saturated heterocycles. The monoisotopic (exact) mass is 507 g/mol. The number of nitrogens with zero attached hydrogens (tertiary/aromatic N) is 3. The molecular formula is C33H37N3O2. The number of ether oxygens (including phenoxy) is 1. The fraction of sp³-hybridized carbons (Fsp3) is 0.333. The Balaban J connectivity index is 1.32. The SMILES string of the molecule is CN1C(=O)/C(=C\c2ccc(N(Cc3ccccc3)Cc3ccccc3)cc2)O/C1=N/C1CCCCCCC1. The van der Waals surface area contributed by atoms with Crippen LogP contribution in [-0.2, 0) is 22.6 Å². The van der Waals surface area contributed by atoms with E-state index in [1.165, 1.54) is 43.2 Å². The van der Waals surface area contributed by atoms with Gasteiger partial charge in [0.05, 0.1) is 6.04 Å². The molecule has 3 aromatic rings. The van der Waals surface area contributed by atoms with Crippen LogP contribution in [-0.4, -0.2) is 29.9 Å². The average molecular weight is 508 g/mol. The largest absolute Gasteiger partial charge is 0.420 e. The van der Waals surface area contributed by atoms with Gasteiger partial charge in [0, 0.05) is 25.8 Å². The van der Waals surface area contributed by atoms with Crippen LogP contribution < -0.4 is 4.90 Å². The molecule has 0 unspecified atom stereocenters. The van der Waals surface area contributed by atoms with Gasteiger partial charge in [-0.25, -0.2) is 4.99 Å². The van der Waals surface area contributed by atoms with E-state index >= 15 is 0 Å². The van der Waals surface area contributed by atoms with Gasteiger partial charge in [-0.15, -0.1) is 0 Å². The van der Waals surface area contributed by atoms with Gasteiger partial charge in [0.1, 0.15) is 0 Å². The Bertz CT molecular complexity index is 1200. The minimum Gasteiger partial charge on any atom is -0.420 e. The van der Waals surface area contributed by atoms with Crippen molar-refractivity contribution in [1.82, 2.24) is 4.90 Å². The third kappa shape index (κ3) is 6.71. The van der Waals surface area contributed by atoms with Crippen LogP contribution in [0.15, 0.2) is 95.7 Å². The Morgan fingerprint density at radius 2 is 1.37 bits per heavy atom. The molecule has 0 radical (unpaired) electrons. The number of benzene rings is 3. The molecule has 1 aliphatic heterocycles. The summed E-state index contributed by atoms with van der Waals surface area (Å²) >= 11 is 0. The molecule has 0 spiro atoms. The number of aliphatic imine (C=N–C) groups is 1.